The molecule has 0 radical (unpaired) electrons. The number of carbonyl (C=O) groups is 1. The van der Waals surface area contributed by atoms with E-state index in [1.54, 1.807) is 0 Å². The summed E-state index contributed by atoms with van der Waals surface area (Å²) in [5.41, 5.74) is 3.32. The van der Waals surface area contributed by atoms with E-state index in [-0.39, 0.29) is 11.9 Å². The molecule has 16 heavy (non-hydrogen) atoms. The van der Waals surface area contributed by atoms with Crippen LogP contribution >= 0.6 is 0 Å². The first-order valence-corrected chi connectivity index (χ1v) is 5.84. The van der Waals surface area contributed by atoms with Crippen LogP contribution in [0.2, 0.25) is 0 Å². The summed E-state index contributed by atoms with van der Waals surface area (Å²) in [6.07, 6.45) is 0.957. The average Bonchev–Trinajstić information content (AvgIpc) is 2.75. The van der Waals surface area contributed by atoms with E-state index in [1.807, 2.05) is 25.1 Å². The monoisotopic (exact) mass is 218 g/mol. The molecule has 3 nitrogen and oxygen atoms in total. The van der Waals surface area contributed by atoms with Gasteiger partial charge in [0.05, 0.1) is 0 Å². The highest BCUT2D eigenvalue weighted by atomic mass is 16.1. The predicted molar refractivity (Wildman–Crippen MR) is 64.2 cm³/mol. The minimum absolute atomic E-state index is 0.0315. The van der Waals surface area contributed by atoms with Gasteiger partial charge in [0, 0.05) is 24.7 Å². The number of carbonyl (C=O) groups excluding carboxylic acids is 1. The second kappa shape index (κ2) is 4.66. The lowest BCUT2D eigenvalue weighted by Gasteiger charge is -2.11. The van der Waals surface area contributed by atoms with Crippen molar-refractivity contribution < 1.29 is 4.79 Å². The SMILES string of the molecule is CCC(C)NC(=O)c1ccc2c(c1)CNC2. The van der Waals surface area contributed by atoms with Crippen LogP contribution in [0.15, 0.2) is 18.2 Å². The molecule has 0 bridgehead atoms. The lowest BCUT2D eigenvalue weighted by molar-refractivity contribution is 0.0939. The summed E-state index contributed by atoms with van der Waals surface area (Å²) in [6, 6.07) is 6.18. The maximum Gasteiger partial charge on any atom is 0.251 e. The van der Waals surface area contributed by atoms with Crippen LogP contribution in [0.3, 0.4) is 0 Å². The zero-order valence-electron chi connectivity index (χ0n) is 9.84. The largest absolute Gasteiger partial charge is 0.350 e. The maximum atomic E-state index is 11.9. The standard InChI is InChI=1S/C13H18N2O/c1-3-9(2)15-13(16)10-4-5-11-7-14-8-12(11)6-10/h4-6,9,14H,3,7-8H2,1-2H3,(H,15,16). The predicted octanol–water partition coefficient (Wildman–Crippen LogP) is 1.82. The Labute approximate surface area is 96.2 Å². The summed E-state index contributed by atoms with van der Waals surface area (Å²) < 4.78 is 0. The Morgan fingerprint density at radius 2 is 2.19 bits per heavy atom. The second-order valence-corrected chi connectivity index (χ2v) is 4.37. The van der Waals surface area contributed by atoms with Gasteiger partial charge in [0.25, 0.3) is 5.91 Å². The molecule has 0 saturated carbocycles. The summed E-state index contributed by atoms with van der Waals surface area (Å²) in [5, 5.41) is 6.25. The molecular weight excluding hydrogens is 200 g/mol. The Morgan fingerprint density at radius 1 is 1.44 bits per heavy atom. The van der Waals surface area contributed by atoms with Crippen molar-refractivity contribution in [2.75, 3.05) is 0 Å². The van der Waals surface area contributed by atoms with E-state index in [1.165, 1.54) is 11.1 Å². The highest BCUT2D eigenvalue weighted by Gasteiger charge is 2.14. The fourth-order valence-electron chi connectivity index (χ4n) is 1.85. The van der Waals surface area contributed by atoms with Gasteiger partial charge in [-0.3, -0.25) is 4.79 Å². The van der Waals surface area contributed by atoms with Crippen molar-refractivity contribution in [3.05, 3.63) is 34.9 Å². The molecule has 0 saturated heterocycles. The highest BCUT2D eigenvalue weighted by molar-refractivity contribution is 5.94. The molecule has 0 aromatic heterocycles. The Morgan fingerprint density at radius 3 is 2.94 bits per heavy atom. The second-order valence-electron chi connectivity index (χ2n) is 4.37. The molecule has 1 amide bonds. The Bertz CT molecular complexity index is 401. The van der Waals surface area contributed by atoms with Crippen LogP contribution in [0.25, 0.3) is 0 Å². The van der Waals surface area contributed by atoms with Gasteiger partial charge in [0.15, 0.2) is 0 Å². The van der Waals surface area contributed by atoms with E-state index in [9.17, 15) is 4.79 Å². The van der Waals surface area contributed by atoms with Gasteiger partial charge in [-0.15, -0.1) is 0 Å². The van der Waals surface area contributed by atoms with E-state index >= 15 is 0 Å². The van der Waals surface area contributed by atoms with Crippen LogP contribution in [-0.2, 0) is 13.1 Å². The van der Waals surface area contributed by atoms with Gasteiger partial charge in [0.2, 0.25) is 0 Å². The van der Waals surface area contributed by atoms with Crippen molar-refractivity contribution in [2.45, 2.75) is 39.4 Å². The van der Waals surface area contributed by atoms with Crippen molar-refractivity contribution in [1.29, 1.82) is 0 Å². The van der Waals surface area contributed by atoms with E-state index in [2.05, 4.69) is 17.6 Å². The number of fused-ring (bicyclic) bond motifs is 1. The Hall–Kier alpha value is -1.35. The smallest absolute Gasteiger partial charge is 0.251 e. The fraction of sp³-hybridized carbons (Fsp3) is 0.462. The molecule has 0 spiro atoms. The fourth-order valence-corrected chi connectivity index (χ4v) is 1.85. The quantitative estimate of drug-likeness (QED) is 0.812. The average molecular weight is 218 g/mol. The van der Waals surface area contributed by atoms with Gasteiger partial charge >= 0.3 is 0 Å². The van der Waals surface area contributed by atoms with Crippen molar-refractivity contribution in [3.63, 3.8) is 0 Å². The van der Waals surface area contributed by atoms with E-state index in [4.69, 9.17) is 0 Å². The Kier molecular flexibility index (Phi) is 3.25. The third kappa shape index (κ3) is 2.25. The number of nitrogens with one attached hydrogen (secondary N) is 2. The summed E-state index contributed by atoms with van der Waals surface area (Å²) in [4.78, 5) is 11.9. The molecule has 1 atom stereocenters. The van der Waals surface area contributed by atoms with Crippen molar-refractivity contribution in [1.82, 2.24) is 10.6 Å². The first kappa shape index (κ1) is 11.1. The number of hydrogen-bond donors (Lipinski definition) is 2. The van der Waals surface area contributed by atoms with Gasteiger partial charge in [0.1, 0.15) is 0 Å². The first-order chi connectivity index (χ1) is 7.70. The van der Waals surface area contributed by atoms with Crippen LogP contribution in [0.5, 0.6) is 0 Å². The van der Waals surface area contributed by atoms with Gasteiger partial charge in [-0.1, -0.05) is 13.0 Å². The van der Waals surface area contributed by atoms with Crippen molar-refractivity contribution >= 4 is 5.91 Å². The molecule has 1 aromatic rings. The zero-order valence-corrected chi connectivity index (χ0v) is 9.84. The molecule has 1 unspecified atom stereocenters. The van der Waals surface area contributed by atoms with E-state index in [0.29, 0.717) is 0 Å². The van der Waals surface area contributed by atoms with Crippen LogP contribution in [0.1, 0.15) is 41.8 Å². The highest BCUT2D eigenvalue weighted by Crippen LogP contribution is 2.17. The minimum atomic E-state index is 0.0315. The van der Waals surface area contributed by atoms with E-state index < -0.39 is 0 Å². The third-order valence-corrected chi connectivity index (χ3v) is 3.09. The van der Waals surface area contributed by atoms with Gasteiger partial charge < -0.3 is 10.6 Å². The summed E-state index contributed by atoms with van der Waals surface area (Å²) in [5.74, 6) is 0.0315. The minimum Gasteiger partial charge on any atom is -0.350 e. The third-order valence-electron chi connectivity index (χ3n) is 3.09. The number of benzene rings is 1. The maximum absolute atomic E-state index is 11.9. The van der Waals surface area contributed by atoms with Gasteiger partial charge in [-0.25, -0.2) is 0 Å². The molecule has 1 heterocycles. The lowest BCUT2D eigenvalue weighted by atomic mass is 10.1. The number of rotatable bonds is 3. The molecule has 86 valence electrons. The van der Waals surface area contributed by atoms with Crippen LogP contribution in [0, 0.1) is 0 Å². The van der Waals surface area contributed by atoms with E-state index in [0.717, 1.165) is 25.1 Å². The molecular formula is C13H18N2O. The molecule has 0 aliphatic carbocycles. The van der Waals surface area contributed by atoms with Crippen LogP contribution < -0.4 is 10.6 Å². The normalized spacial score (nSPS) is 15.6. The molecule has 1 aliphatic rings. The van der Waals surface area contributed by atoms with Gasteiger partial charge in [-0.2, -0.15) is 0 Å². The molecule has 1 aromatic carbocycles. The van der Waals surface area contributed by atoms with Crippen LogP contribution in [0.4, 0.5) is 0 Å². The summed E-state index contributed by atoms with van der Waals surface area (Å²) in [6.45, 7) is 5.88. The molecule has 3 heteroatoms. The van der Waals surface area contributed by atoms with Crippen LogP contribution in [-0.4, -0.2) is 11.9 Å². The number of amides is 1. The van der Waals surface area contributed by atoms with Crippen molar-refractivity contribution in [3.8, 4) is 0 Å². The van der Waals surface area contributed by atoms with Gasteiger partial charge in [-0.05, 0) is 36.6 Å². The number of hydrogen-bond acceptors (Lipinski definition) is 2. The zero-order chi connectivity index (χ0) is 11.5. The Balaban J connectivity index is 2.12. The van der Waals surface area contributed by atoms with Crippen molar-refractivity contribution in [2.24, 2.45) is 0 Å². The summed E-state index contributed by atoms with van der Waals surface area (Å²) >= 11 is 0. The molecule has 2 rings (SSSR count). The molecule has 2 N–H and O–H groups in total. The topological polar surface area (TPSA) is 41.1 Å². The first-order valence-electron chi connectivity index (χ1n) is 5.84. The summed E-state index contributed by atoms with van der Waals surface area (Å²) in [7, 11) is 0. The molecule has 0 fully saturated rings. The lowest BCUT2D eigenvalue weighted by Crippen LogP contribution is -2.31. The molecule has 1 aliphatic heterocycles.